The molecule has 0 saturated carbocycles. The highest BCUT2D eigenvalue weighted by Crippen LogP contribution is 2.35. The molecule has 6 nitrogen and oxygen atoms in total. The first-order valence-electron chi connectivity index (χ1n) is 13.0. The maximum atomic E-state index is 13.7. The first-order valence-corrected chi connectivity index (χ1v) is 14.5. The van der Waals surface area contributed by atoms with Gasteiger partial charge in [-0.3, -0.25) is 4.79 Å². The third-order valence-electron chi connectivity index (χ3n) is 8.05. The van der Waals surface area contributed by atoms with Crippen molar-refractivity contribution in [2.45, 2.75) is 68.7 Å². The molecule has 35 heavy (non-hydrogen) atoms. The van der Waals surface area contributed by atoms with E-state index < -0.39 is 10.0 Å². The summed E-state index contributed by atoms with van der Waals surface area (Å²) in [6.07, 6.45) is 8.47. The van der Waals surface area contributed by atoms with Crippen LogP contribution in [0.5, 0.6) is 5.75 Å². The number of ether oxygens (including phenoxy) is 1. The second-order valence-electron chi connectivity index (χ2n) is 10.1. The van der Waals surface area contributed by atoms with Crippen LogP contribution in [0.15, 0.2) is 47.4 Å². The van der Waals surface area contributed by atoms with E-state index >= 15 is 0 Å². The smallest absolute Gasteiger partial charge is 0.243 e. The van der Waals surface area contributed by atoms with E-state index in [0.717, 1.165) is 62.8 Å². The highest BCUT2D eigenvalue weighted by Gasteiger charge is 2.36. The Labute approximate surface area is 209 Å². The van der Waals surface area contributed by atoms with E-state index in [-0.39, 0.29) is 17.9 Å². The van der Waals surface area contributed by atoms with Gasteiger partial charge in [-0.2, -0.15) is 4.31 Å². The molecule has 2 aromatic rings. The first-order chi connectivity index (χ1) is 17.0. The summed E-state index contributed by atoms with van der Waals surface area (Å²) in [5.74, 6) is 0.875. The zero-order chi connectivity index (χ0) is 24.4. The molecule has 7 heteroatoms. The Bertz CT molecular complexity index is 1150. The molecule has 5 rings (SSSR count). The summed E-state index contributed by atoms with van der Waals surface area (Å²) in [6, 6.07) is 13.7. The zero-order valence-corrected chi connectivity index (χ0v) is 21.4. The van der Waals surface area contributed by atoms with Gasteiger partial charge in [-0.25, -0.2) is 8.42 Å². The van der Waals surface area contributed by atoms with Crippen molar-refractivity contribution in [3.8, 4) is 5.75 Å². The average molecular weight is 497 g/mol. The third-order valence-corrected chi connectivity index (χ3v) is 9.94. The lowest BCUT2D eigenvalue weighted by Crippen LogP contribution is -2.45. The minimum atomic E-state index is -3.53. The fourth-order valence-corrected chi connectivity index (χ4v) is 7.50. The monoisotopic (exact) mass is 496 g/mol. The summed E-state index contributed by atoms with van der Waals surface area (Å²) in [4.78, 5) is 16.2. The highest BCUT2D eigenvalue weighted by atomic mass is 32.2. The maximum absolute atomic E-state index is 13.7. The number of aryl methyl sites for hydroxylation is 2. The molecule has 0 aromatic heterocycles. The molecular formula is C28H36N2O4S. The summed E-state index contributed by atoms with van der Waals surface area (Å²) in [7, 11) is -1.87. The number of amides is 1. The molecule has 0 radical (unpaired) electrons. The summed E-state index contributed by atoms with van der Waals surface area (Å²) in [5.41, 5.74) is 3.59. The molecule has 2 saturated heterocycles. The third kappa shape index (κ3) is 4.98. The number of carbonyl (C=O) groups excluding carboxylic acids is 1. The highest BCUT2D eigenvalue weighted by molar-refractivity contribution is 7.89. The molecule has 1 aliphatic carbocycles. The van der Waals surface area contributed by atoms with Crippen molar-refractivity contribution in [3.63, 3.8) is 0 Å². The number of methoxy groups -OCH3 is 1. The molecule has 2 heterocycles. The topological polar surface area (TPSA) is 66.9 Å². The van der Waals surface area contributed by atoms with E-state index in [1.165, 1.54) is 11.1 Å². The number of sulfonamides is 1. The number of benzene rings is 2. The van der Waals surface area contributed by atoms with Gasteiger partial charge in [0.15, 0.2) is 0 Å². The van der Waals surface area contributed by atoms with Gasteiger partial charge in [0.25, 0.3) is 0 Å². The van der Waals surface area contributed by atoms with Crippen LogP contribution in [0.3, 0.4) is 0 Å². The second kappa shape index (κ2) is 10.3. The van der Waals surface area contributed by atoms with Crippen LogP contribution in [0.25, 0.3) is 0 Å². The van der Waals surface area contributed by atoms with Crippen molar-refractivity contribution >= 4 is 15.9 Å². The van der Waals surface area contributed by atoms with Crippen molar-refractivity contribution in [1.29, 1.82) is 0 Å². The Balaban J connectivity index is 1.27. The van der Waals surface area contributed by atoms with Gasteiger partial charge >= 0.3 is 0 Å². The van der Waals surface area contributed by atoms with Crippen molar-refractivity contribution in [2.75, 3.05) is 26.7 Å². The lowest BCUT2D eigenvalue weighted by Gasteiger charge is -2.37. The molecule has 2 aromatic carbocycles. The number of carbonyl (C=O) groups is 1. The van der Waals surface area contributed by atoms with Crippen molar-refractivity contribution in [1.82, 2.24) is 9.21 Å². The van der Waals surface area contributed by atoms with Gasteiger partial charge in [-0.1, -0.05) is 31.0 Å². The Morgan fingerprint density at radius 2 is 1.60 bits per heavy atom. The van der Waals surface area contributed by atoms with Crippen LogP contribution in [-0.2, 0) is 27.7 Å². The Morgan fingerprint density at radius 3 is 2.34 bits per heavy atom. The van der Waals surface area contributed by atoms with Crippen LogP contribution in [0.1, 0.15) is 67.7 Å². The number of piperidine rings is 1. The molecule has 188 valence electrons. The van der Waals surface area contributed by atoms with Crippen LogP contribution in [0.2, 0.25) is 0 Å². The molecule has 0 bridgehead atoms. The predicted molar refractivity (Wildman–Crippen MR) is 136 cm³/mol. The van der Waals surface area contributed by atoms with Gasteiger partial charge in [0.1, 0.15) is 5.75 Å². The molecule has 0 N–H and O–H groups in total. The zero-order valence-electron chi connectivity index (χ0n) is 20.6. The molecule has 2 fully saturated rings. The van der Waals surface area contributed by atoms with Gasteiger partial charge in [0, 0.05) is 25.6 Å². The Kier molecular flexibility index (Phi) is 7.17. The van der Waals surface area contributed by atoms with Gasteiger partial charge in [0.05, 0.1) is 18.0 Å². The average Bonchev–Trinajstić information content (AvgIpc) is 3.23. The van der Waals surface area contributed by atoms with Crippen LogP contribution < -0.4 is 4.74 Å². The van der Waals surface area contributed by atoms with E-state index in [1.54, 1.807) is 17.5 Å². The Morgan fingerprint density at radius 1 is 0.857 bits per heavy atom. The van der Waals surface area contributed by atoms with Gasteiger partial charge < -0.3 is 9.64 Å². The van der Waals surface area contributed by atoms with Crippen LogP contribution in [0.4, 0.5) is 0 Å². The number of rotatable bonds is 5. The molecule has 0 unspecified atom stereocenters. The largest absolute Gasteiger partial charge is 0.497 e. The fraction of sp³-hybridized carbons (Fsp3) is 0.536. The van der Waals surface area contributed by atoms with E-state index in [0.29, 0.717) is 30.8 Å². The van der Waals surface area contributed by atoms with Gasteiger partial charge in [-0.15, -0.1) is 0 Å². The minimum Gasteiger partial charge on any atom is -0.497 e. The van der Waals surface area contributed by atoms with Gasteiger partial charge in [-0.05, 0) is 85.9 Å². The van der Waals surface area contributed by atoms with Crippen LogP contribution in [0, 0.1) is 5.92 Å². The molecule has 1 atom stereocenters. The maximum Gasteiger partial charge on any atom is 0.243 e. The van der Waals surface area contributed by atoms with Crippen molar-refractivity contribution in [3.05, 3.63) is 59.2 Å². The lowest BCUT2D eigenvalue weighted by molar-refractivity contribution is -0.139. The SMILES string of the molecule is COc1ccc([C@@H]2CCCCCN2C(=O)C2CCN(S(=O)(=O)c3ccc4c(c3)CCC4)CC2)cc1. The lowest BCUT2D eigenvalue weighted by atomic mass is 9.94. The summed E-state index contributed by atoms with van der Waals surface area (Å²) in [6.45, 7) is 1.57. The summed E-state index contributed by atoms with van der Waals surface area (Å²) in [5, 5.41) is 0. The number of hydrogen-bond acceptors (Lipinski definition) is 4. The molecule has 0 spiro atoms. The molecule has 3 aliphatic rings. The number of likely N-dealkylation sites (tertiary alicyclic amines) is 1. The number of hydrogen-bond donors (Lipinski definition) is 0. The predicted octanol–water partition coefficient (Wildman–Crippen LogP) is 4.73. The van der Waals surface area contributed by atoms with E-state index in [9.17, 15) is 13.2 Å². The Hall–Kier alpha value is -2.38. The van der Waals surface area contributed by atoms with Crippen LogP contribution in [-0.4, -0.2) is 50.3 Å². The van der Waals surface area contributed by atoms with E-state index in [1.807, 2.05) is 24.3 Å². The molecule has 2 aliphatic heterocycles. The summed E-state index contributed by atoms with van der Waals surface area (Å²) >= 11 is 0. The first kappa shape index (κ1) is 24.3. The number of nitrogens with zero attached hydrogens (tertiary/aromatic N) is 2. The van der Waals surface area contributed by atoms with Crippen LogP contribution >= 0.6 is 0 Å². The van der Waals surface area contributed by atoms with Crippen molar-refractivity contribution < 1.29 is 17.9 Å². The standard InChI is InChI=1S/C28H36N2O4S/c1-34-25-12-9-22(10-13-25)27-8-3-2-4-17-30(27)28(31)23-15-18-29(19-16-23)35(32,33)26-14-11-21-6-5-7-24(21)20-26/h9-14,20,23,27H,2-8,15-19H2,1H3/t27-/m0/s1. The minimum absolute atomic E-state index is 0.0732. The summed E-state index contributed by atoms with van der Waals surface area (Å²) < 4.78 is 33.5. The van der Waals surface area contributed by atoms with Crippen molar-refractivity contribution in [2.24, 2.45) is 5.92 Å². The second-order valence-corrected chi connectivity index (χ2v) is 12.1. The molecule has 1 amide bonds. The normalized spacial score (nSPS) is 22.0. The van der Waals surface area contributed by atoms with E-state index in [2.05, 4.69) is 17.0 Å². The quantitative estimate of drug-likeness (QED) is 0.600. The van der Waals surface area contributed by atoms with E-state index in [4.69, 9.17) is 4.74 Å². The van der Waals surface area contributed by atoms with Gasteiger partial charge in [0.2, 0.25) is 15.9 Å². The fourth-order valence-electron chi connectivity index (χ4n) is 5.98. The number of fused-ring (bicyclic) bond motifs is 1. The molecular weight excluding hydrogens is 460 g/mol.